The van der Waals surface area contributed by atoms with E-state index in [-0.39, 0.29) is 19.1 Å². The SMILES string of the molecule is CCOC(=O)c1nnc(Nc2ccc(Oc3ccon3)cc2)n(Cc2ccc(Cl)cc2)c1=O. The lowest BCUT2D eigenvalue weighted by atomic mass is 10.2. The minimum absolute atomic E-state index is 0.111. The first-order valence-corrected chi connectivity index (χ1v) is 10.3. The fourth-order valence-electron chi connectivity index (χ4n) is 2.87. The van der Waals surface area contributed by atoms with Crippen molar-refractivity contribution in [3.8, 4) is 11.6 Å². The maximum absolute atomic E-state index is 13.1. The van der Waals surface area contributed by atoms with Crippen LogP contribution in [0.3, 0.4) is 0 Å². The highest BCUT2D eigenvalue weighted by molar-refractivity contribution is 6.30. The summed E-state index contributed by atoms with van der Waals surface area (Å²) in [4.78, 5) is 25.2. The van der Waals surface area contributed by atoms with Gasteiger partial charge in [0.15, 0.2) is 0 Å². The largest absolute Gasteiger partial charge is 0.461 e. The van der Waals surface area contributed by atoms with Crippen LogP contribution in [-0.2, 0) is 11.3 Å². The first kappa shape index (κ1) is 22.0. The molecule has 0 aliphatic rings. The molecule has 0 spiro atoms. The van der Waals surface area contributed by atoms with Crippen LogP contribution in [0.2, 0.25) is 5.02 Å². The van der Waals surface area contributed by atoms with Crippen LogP contribution in [0.4, 0.5) is 11.6 Å². The van der Waals surface area contributed by atoms with Crippen molar-refractivity contribution in [2.45, 2.75) is 13.5 Å². The van der Waals surface area contributed by atoms with Gasteiger partial charge in [-0.2, -0.15) is 0 Å². The molecule has 33 heavy (non-hydrogen) atoms. The number of halogens is 1. The molecule has 0 aliphatic heterocycles. The zero-order chi connectivity index (χ0) is 23.2. The number of rotatable bonds is 8. The molecule has 0 amide bonds. The van der Waals surface area contributed by atoms with Crippen LogP contribution in [0.15, 0.2) is 70.2 Å². The van der Waals surface area contributed by atoms with Gasteiger partial charge in [0, 0.05) is 16.8 Å². The molecule has 0 atom stereocenters. The van der Waals surface area contributed by atoms with E-state index in [2.05, 4.69) is 20.7 Å². The lowest BCUT2D eigenvalue weighted by Crippen LogP contribution is -2.32. The van der Waals surface area contributed by atoms with Crippen molar-refractivity contribution in [1.82, 2.24) is 19.9 Å². The molecule has 0 saturated heterocycles. The Morgan fingerprint density at radius 1 is 1.09 bits per heavy atom. The van der Waals surface area contributed by atoms with Crippen molar-refractivity contribution >= 4 is 29.2 Å². The van der Waals surface area contributed by atoms with E-state index in [1.807, 2.05) is 0 Å². The Labute approximate surface area is 192 Å². The van der Waals surface area contributed by atoms with E-state index >= 15 is 0 Å². The second-order valence-corrected chi connectivity index (χ2v) is 7.14. The Balaban J connectivity index is 1.63. The van der Waals surface area contributed by atoms with Crippen LogP contribution in [0.5, 0.6) is 11.6 Å². The fourth-order valence-corrected chi connectivity index (χ4v) is 2.99. The number of esters is 1. The van der Waals surface area contributed by atoms with Gasteiger partial charge in [0.1, 0.15) is 12.0 Å². The minimum atomic E-state index is -0.833. The standard InChI is InChI=1S/C22H18ClN5O5/c1-2-31-21(30)19-20(29)28(13-14-3-5-15(23)6-4-14)22(26-25-19)24-16-7-9-17(10-8-16)33-18-11-12-32-27-18/h3-12H,2,13H2,1H3,(H,24,26). The maximum Gasteiger partial charge on any atom is 0.364 e. The van der Waals surface area contributed by atoms with Crippen molar-refractivity contribution in [3.05, 3.63) is 87.5 Å². The van der Waals surface area contributed by atoms with Gasteiger partial charge in [-0.3, -0.25) is 9.36 Å². The first-order valence-electron chi connectivity index (χ1n) is 9.88. The third-order valence-corrected chi connectivity index (χ3v) is 4.67. The number of benzene rings is 2. The summed E-state index contributed by atoms with van der Waals surface area (Å²) in [5.41, 5.74) is 0.369. The van der Waals surface area contributed by atoms with E-state index in [9.17, 15) is 9.59 Å². The molecule has 4 aromatic rings. The molecule has 4 rings (SSSR count). The Bertz CT molecular complexity index is 1290. The normalized spacial score (nSPS) is 10.6. The van der Waals surface area contributed by atoms with Gasteiger partial charge in [0.25, 0.3) is 11.4 Å². The number of nitrogens with zero attached hydrogens (tertiary/aromatic N) is 4. The molecule has 0 unspecified atom stereocenters. The lowest BCUT2D eigenvalue weighted by molar-refractivity contribution is 0.0514. The van der Waals surface area contributed by atoms with E-state index in [1.54, 1.807) is 61.5 Å². The molecule has 0 aliphatic carbocycles. The van der Waals surface area contributed by atoms with Gasteiger partial charge in [-0.1, -0.05) is 23.7 Å². The average molecular weight is 468 g/mol. The summed E-state index contributed by atoms with van der Waals surface area (Å²) in [7, 11) is 0. The minimum Gasteiger partial charge on any atom is -0.461 e. The summed E-state index contributed by atoms with van der Waals surface area (Å²) < 4.78 is 16.5. The highest BCUT2D eigenvalue weighted by atomic mass is 35.5. The van der Waals surface area contributed by atoms with Crippen LogP contribution in [0.1, 0.15) is 23.0 Å². The zero-order valence-electron chi connectivity index (χ0n) is 17.4. The van der Waals surface area contributed by atoms with Gasteiger partial charge >= 0.3 is 5.97 Å². The highest BCUT2D eigenvalue weighted by Crippen LogP contribution is 2.23. The predicted molar refractivity (Wildman–Crippen MR) is 119 cm³/mol. The molecule has 1 N–H and O–H groups in total. The van der Waals surface area contributed by atoms with Gasteiger partial charge < -0.3 is 19.3 Å². The molecule has 0 saturated carbocycles. The van der Waals surface area contributed by atoms with E-state index in [1.165, 1.54) is 10.8 Å². The molecule has 11 heteroatoms. The van der Waals surface area contributed by atoms with Gasteiger partial charge in [0.2, 0.25) is 11.6 Å². The number of hydrogen-bond acceptors (Lipinski definition) is 9. The topological polar surface area (TPSA) is 121 Å². The maximum atomic E-state index is 13.1. The number of carbonyl (C=O) groups is 1. The first-order chi connectivity index (χ1) is 16.0. The van der Waals surface area contributed by atoms with Crippen LogP contribution >= 0.6 is 11.6 Å². The molecule has 0 bridgehead atoms. The van der Waals surface area contributed by atoms with E-state index in [0.717, 1.165) is 5.56 Å². The predicted octanol–water partition coefficient (Wildman–Crippen LogP) is 4.04. The monoisotopic (exact) mass is 467 g/mol. The van der Waals surface area contributed by atoms with E-state index in [4.69, 9.17) is 25.6 Å². The molecule has 2 aromatic carbocycles. The van der Waals surface area contributed by atoms with Gasteiger partial charge in [-0.05, 0) is 54.0 Å². The number of hydrogen-bond donors (Lipinski definition) is 1. The number of ether oxygens (including phenoxy) is 2. The summed E-state index contributed by atoms with van der Waals surface area (Å²) in [6.45, 7) is 1.89. The third-order valence-electron chi connectivity index (χ3n) is 4.42. The number of carbonyl (C=O) groups excluding carboxylic acids is 1. The molecule has 2 aromatic heterocycles. The number of aromatic nitrogens is 4. The van der Waals surface area contributed by atoms with Crippen molar-refractivity contribution in [2.75, 3.05) is 11.9 Å². The Morgan fingerprint density at radius 3 is 2.52 bits per heavy atom. The van der Waals surface area contributed by atoms with Crippen molar-refractivity contribution in [3.63, 3.8) is 0 Å². The average Bonchev–Trinajstić information content (AvgIpc) is 3.32. The zero-order valence-corrected chi connectivity index (χ0v) is 18.2. The van der Waals surface area contributed by atoms with Gasteiger partial charge in [0.05, 0.1) is 13.2 Å². The summed E-state index contributed by atoms with van der Waals surface area (Å²) in [5, 5.41) is 15.2. The fraction of sp³-hybridized carbons (Fsp3) is 0.136. The van der Waals surface area contributed by atoms with Crippen molar-refractivity contribution < 1.29 is 18.8 Å². The lowest BCUT2D eigenvalue weighted by Gasteiger charge is -2.14. The van der Waals surface area contributed by atoms with Gasteiger partial charge in [-0.15, -0.1) is 10.2 Å². The molecular weight excluding hydrogens is 450 g/mol. The highest BCUT2D eigenvalue weighted by Gasteiger charge is 2.20. The molecule has 168 valence electrons. The Hall–Kier alpha value is -4.18. The van der Waals surface area contributed by atoms with Gasteiger partial charge in [-0.25, -0.2) is 4.79 Å². The molecule has 0 radical (unpaired) electrons. The number of anilines is 2. The van der Waals surface area contributed by atoms with Crippen LogP contribution in [0, 0.1) is 0 Å². The Kier molecular flexibility index (Phi) is 6.65. The quantitative estimate of drug-likeness (QED) is 0.382. The van der Waals surface area contributed by atoms with E-state index < -0.39 is 17.2 Å². The molecular formula is C22H18ClN5O5. The molecule has 0 fully saturated rings. The van der Waals surface area contributed by atoms with Crippen LogP contribution in [0.25, 0.3) is 0 Å². The van der Waals surface area contributed by atoms with E-state index in [0.29, 0.717) is 22.3 Å². The van der Waals surface area contributed by atoms with Crippen molar-refractivity contribution in [2.24, 2.45) is 0 Å². The smallest absolute Gasteiger partial charge is 0.364 e. The van der Waals surface area contributed by atoms with Crippen LogP contribution < -0.4 is 15.6 Å². The summed E-state index contributed by atoms with van der Waals surface area (Å²) in [5.74, 6) is 0.179. The third kappa shape index (κ3) is 5.36. The molecule has 2 heterocycles. The summed E-state index contributed by atoms with van der Waals surface area (Å²) >= 11 is 5.96. The second kappa shape index (κ2) is 9.96. The Morgan fingerprint density at radius 2 is 1.85 bits per heavy atom. The summed E-state index contributed by atoms with van der Waals surface area (Å²) in [6.07, 6.45) is 1.41. The summed E-state index contributed by atoms with van der Waals surface area (Å²) in [6, 6.07) is 15.4. The number of nitrogens with one attached hydrogen (secondary N) is 1. The second-order valence-electron chi connectivity index (χ2n) is 6.70. The van der Waals surface area contributed by atoms with Crippen LogP contribution in [-0.4, -0.2) is 32.5 Å². The molecule has 10 nitrogen and oxygen atoms in total. The van der Waals surface area contributed by atoms with Crippen molar-refractivity contribution in [1.29, 1.82) is 0 Å².